The number of nitrogens with zero attached hydrogens (tertiary/aromatic N) is 1. The summed E-state index contributed by atoms with van der Waals surface area (Å²) < 4.78 is 15.8. The minimum atomic E-state index is -0.470. The zero-order valence-corrected chi connectivity index (χ0v) is 15.6. The Hall–Kier alpha value is -2.89. The summed E-state index contributed by atoms with van der Waals surface area (Å²) in [4.78, 5) is 13.4. The van der Waals surface area contributed by atoms with Crippen molar-refractivity contribution >= 4 is 34.5 Å². The lowest BCUT2D eigenvalue weighted by Gasteiger charge is -2.10. The number of halogens is 2. The molecule has 0 bridgehead atoms. The molecule has 2 aromatic heterocycles. The number of rotatable bonds is 4. The van der Waals surface area contributed by atoms with Gasteiger partial charge in [0, 0.05) is 28.4 Å². The van der Waals surface area contributed by atoms with Crippen LogP contribution in [0, 0.1) is 5.82 Å². The van der Waals surface area contributed by atoms with E-state index in [1.807, 2.05) is 58.7 Å². The van der Waals surface area contributed by atoms with Gasteiger partial charge in [0.1, 0.15) is 10.7 Å². The Morgan fingerprint density at radius 2 is 1.70 bits per heavy atom. The number of amides is 1. The fourth-order valence-electron chi connectivity index (χ4n) is 2.83. The summed E-state index contributed by atoms with van der Waals surface area (Å²) in [6.45, 7) is 0. The molecule has 4 aromatic rings. The highest BCUT2D eigenvalue weighted by atomic mass is 35.5. The number of hydrogen-bond acceptors (Lipinski definition) is 2. The van der Waals surface area contributed by atoms with Crippen molar-refractivity contribution in [3.8, 4) is 16.8 Å². The van der Waals surface area contributed by atoms with Gasteiger partial charge < -0.3 is 9.88 Å². The predicted octanol–water partition coefficient (Wildman–Crippen LogP) is 6.25. The van der Waals surface area contributed by atoms with Gasteiger partial charge in [-0.2, -0.15) is 0 Å². The monoisotopic (exact) mass is 396 g/mol. The molecule has 27 heavy (non-hydrogen) atoms. The maximum atomic E-state index is 13.9. The number of aromatic nitrogens is 1. The van der Waals surface area contributed by atoms with E-state index in [1.54, 1.807) is 12.1 Å². The van der Waals surface area contributed by atoms with Gasteiger partial charge in [-0.25, -0.2) is 4.39 Å². The Morgan fingerprint density at radius 3 is 2.41 bits per heavy atom. The molecule has 2 heterocycles. The second kappa shape index (κ2) is 7.39. The molecule has 0 spiro atoms. The number of benzene rings is 2. The van der Waals surface area contributed by atoms with Crippen LogP contribution in [0.2, 0.25) is 5.02 Å². The molecule has 0 aliphatic rings. The largest absolute Gasteiger partial charge is 0.322 e. The minimum absolute atomic E-state index is 0.155. The van der Waals surface area contributed by atoms with Gasteiger partial charge in [-0.05, 0) is 42.0 Å². The summed E-state index contributed by atoms with van der Waals surface area (Å²) in [5.74, 6) is -0.822. The second-order valence-corrected chi connectivity index (χ2v) is 7.17. The maximum Gasteiger partial charge on any atom is 0.267 e. The summed E-state index contributed by atoms with van der Waals surface area (Å²) in [5, 5.41) is 5.24. The molecule has 2 aromatic carbocycles. The lowest BCUT2D eigenvalue weighted by atomic mass is 10.1. The van der Waals surface area contributed by atoms with Gasteiger partial charge >= 0.3 is 0 Å². The Bertz CT molecular complexity index is 1090. The van der Waals surface area contributed by atoms with E-state index in [-0.39, 0.29) is 11.6 Å². The maximum absolute atomic E-state index is 13.9. The molecule has 0 unspecified atom stereocenters. The zero-order chi connectivity index (χ0) is 18.8. The third-order valence-corrected chi connectivity index (χ3v) is 5.33. The van der Waals surface area contributed by atoms with Crippen molar-refractivity contribution in [3.05, 3.63) is 94.2 Å². The van der Waals surface area contributed by atoms with E-state index in [4.69, 9.17) is 11.6 Å². The van der Waals surface area contributed by atoms with Crippen LogP contribution in [0.15, 0.2) is 78.4 Å². The van der Waals surface area contributed by atoms with Crippen molar-refractivity contribution in [2.45, 2.75) is 0 Å². The van der Waals surface area contributed by atoms with Crippen LogP contribution in [-0.2, 0) is 0 Å². The third kappa shape index (κ3) is 3.52. The first-order valence-electron chi connectivity index (χ1n) is 8.20. The van der Waals surface area contributed by atoms with E-state index < -0.39 is 5.82 Å². The van der Waals surface area contributed by atoms with Gasteiger partial charge in [-0.15, -0.1) is 11.3 Å². The highest BCUT2D eigenvalue weighted by Gasteiger charge is 2.21. The summed E-state index contributed by atoms with van der Waals surface area (Å²) >= 11 is 7.32. The number of thiophene rings is 1. The highest BCUT2D eigenvalue weighted by Crippen LogP contribution is 2.36. The molecule has 0 aliphatic carbocycles. The van der Waals surface area contributed by atoms with Crippen LogP contribution in [0.25, 0.3) is 16.8 Å². The van der Waals surface area contributed by atoms with Crippen molar-refractivity contribution in [1.29, 1.82) is 0 Å². The van der Waals surface area contributed by atoms with Crippen molar-refractivity contribution in [2.75, 3.05) is 5.32 Å². The second-order valence-electron chi connectivity index (χ2n) is 5.86. The highest BCUT2D eigenvalue weighted by molar-refractivity contribution is 7.13. The Labute approximate surface area is 164 Å². The first-order valence-corrected chi connectivity index (χ1v) is 9.46. The van der Waals surface area contributed by atoms with E-state index in [2.05, 4.69) is 5.32 Å². The van der Waals surface area contributed by atoms with E-state index in [9.17, 15) is 9.18 Å². The molecular weight excluding hydrogens is 383 g/mol. The molecule has 0 saturated carbocycles. The molecule has 0 fully saturated rings. The first kappa shape index (κ1) is 17.5. The smallest absolute Gasteiger partial charge is 0.267 e. The molecular formula is C21H14ClFN2OS. The Morgan fingerprint density at radius 1 is 1.00 bits per heavy atom. The van der Waals surface area contributed by atoms with Gasteiger partial charge in [-0.1, -0.05) is 35.9 Å². The van der Waals surface area contributed by atoms with Crippen LogP contribution < -0.4 is 5.32 Å². The number of anilines is 1. The lowest BCUT2D eigenvalue weighted by Crippen LogP contribution is -2.13. The summed E-state index contributed by atoms with van der Waals surface area (Å²) in [6, 6.07) is 17.3. The van der Waals surface area contributed by atoms with Gasteiger partial charge in [0.25, 0.3) is 5.91 Å². The fraction of sp³-hybridized carbons (Fsp3) is 0. The number of nitrogens with one attached hydrogen (secondary N) is 1. The molecule has 0 saturated heterocycles. The minimum Gasteiger partial charge on any atom is -0.322 e. The van der Waals surface area contributed by atoms with Gasteiger partial charge in [0.15, 0.2) is 0 Å². The average Bonchev–Trinajstić information content (AvgIpc) is 3.33. The fourth-order valence-corrected chi connectivity index (χ4v) is 3.92. The number of carbonyl (C=O) groups is 1. The van der Waals surface area contributed by atoms with E-state index >= 15 is 0 Å². The lowest BCUT2D eigenvalue weighted by molar-refractivity contribution is 0.103. The van der Waals surface area contributed by atoms with Crippen molar-refractivity contribution in [2.24, 2.45) is 0 Å². The first-order chi connectivity index (χ1) is 13.1. The number of para-hydroxylation sites is 1. The van der Waals surface area contributed by atoms with Gasteiger partial charge in [0.05, 0.1) is 11.4 Å². The SMILES string of the molecule is O=C(Nc1ccccc1F)c1scc(-c2ccc(Cl)cc2)c1-n1cccc1. The topological polar surface area (TPSA) is 34.0 Å². The van der Waals surface area contributed by atoms with Gasteiger partial charge in [0.2, 0.25) is 0 Å². The summed E-state index contributed by atoms with van der Waals surface area (Å²) in [6.07, 6.45) is 3.75. The van der Waals surface area contributed by atoms with Crippen LogP contribution in [0.3, 0.4) is 0 Å². The van der Waals surface area contributed by atoms with Crippen molar-refractivity contribution < 1.29 is 9.18 Å². The summed E-state index contributed by atoms with van der Waals surface area (Å²) in [5.41, 5.74) is 2.76. The van der Waals surface area contributed by atoms with Crippen LogP contribution in [-0.4, -0.2) is 10.5 Å². The van der Waals surface area contributed by atoms with Crippen LogP contribution in [0.4, 0.5) is 10.1 Å². The van der Waals surface area contributed by atoms with Gasteiger partial charge in [-0.3, -0.25) is 4.79 Å². The van der Waals surface area contributed by atoms with E-state index in [0.717, 1.165) is 16.8 Å². The Balaban J connectivity index is 1.78. The molecule has 6 heteroatoms. The molecule has 0 radical (unpaired) electrons. The van der Waals surface area contributed by atoms with Crippen LogP contribution in [0.1, 0.15) is 9.67 Å². The molecule has 1 amide bonds. The number of carbonyl (C=O) groups excluding carboxylic acids is 1. The molecule has 1 N–H and O–H groups in total. The number of hydrogen-bond donors (Lipinski definition) is 1. The molecule has 4 rings (SSSR count). The van der Waals surface area contributed by atoms with E-state index in [0.29, 0.717) is 9.90 Å². The quantitative estimate of drug-likeness (QED) is 0.434. The third-order valence-electron chi connectivity index (χ3n) is 4.11. The zero-order valence-electron chi connectivity index (χ0n) is 14.0. The van der Waals surface area contributed by atoms with Crippen LogP contribution in [0.5, 0.6) is 0 Å². The van der Waals surface area contributed by atoms with Crippen molar-refractivity contribution in [1.82, 2.24) is 4.57 Å². The molecule has 0 aliphatic heterocycles. The standard InChI is InChI=1S/C21H14ClFN2OS/c22-15-9-7-14(8-10-15)16-13-27-20(19(16)25-11-3-4-12-25)21(26)24-18-6-2-1-5-17(18)23/h1-13H,(H,24,26). The predicted molar refractivity (Wildman–Crippen MR) is 108 cm³/mol. The molecule has 3 nitrogen and oxygen atoms in total. The Kier molecular flexibility index (Phi) is 4.79. The summed E-state index contributed by atoms with van der Waals surface area (Å²) in [7, 11) is 0. The average molecular weight is 397 g/mol. The molecule has 134 valence electrons. The van der Waals surface area contributed by atoms with Crippen molar-refractivity contribution in [3.63, 3.8) is 0 Å². The molecule has 0 atom stereocenters. The van der Waals surface area contributed by atoms with E-state index in [1.165, 1.54) is 23.5 Å². The van der Waals surface area contributed by atoms with Crippen LogP contribution >= 0.6 is 22.9 Å². The normalized spacial score (nSPS) is 10.7.